The maximum Gasteiger partial charge on any atom is 0.220 e. The van der Waals surface area contributed by atoms with E-state index in [1.807, 2.05) is 20.8 Å². The second-order valence-corrected chi connectivity index (χ2v) is 24.2. The Morgan fingerprint density at radius 2 is 0.676 bits per heavy atom. The van der Waals surface area contributed by atoms with E-state index in [0.29, 0.717) is 141 Å². The minimum absolute atomic E-state index is 0.130. The van der Waals surface area contributed by atoms with Crippen molar-refractivity contribution >= 4 is 35.0 Å². The summed E-state index contributed by atoms with van der Waals surface area (Å²) in [6.45, 7) is 3.66. The molecular weight excluding hydrogens is 1320 g/mol. The summed E-state index contributed by atoms with van der Waals surface area (Å²) in [6.07, 6.45) is -0.173. The highest BCUT2D eigenvalue weighted by atomic mass is 19.1. The number of aliphatic hydroxyl groups excluding tert-OH is 6. The molecule has 0 saturated heterocycles. The largest absolute Gasteiger partial charge is 0.481 e. The van der Waals surface area contributed by atoms with Crippen molar-refractivity contribution in [1.82, 2.24) is 44.9 Å². The van der Waals surface area contributed by atoms with Crippen LogP contribution in [0.1, 0.15) is 105 Å². The van der Waals surface area contributed by atoms with E-state index in [-0.39, 0.29) is 72.9 Å². The molecule has 0 bridgehead atoms. The van der Waals surface area contributed by atoms with Gasteiger partial charge in [0.15, 0.2) is 0 Å². The van der Waals surface area contributed by atoms with Crippen LogP contribution in [0.25, 0.3) is 33.8 Å². The topological polar surface area (TPSA) is 408 Å². The number of nitrogen functional groups attached to an aromatic ring is 3. The molecule has 0 saturated carbocycles. The van der Waals surface area contributed by atoms with Crippen molar-refractivity contribution < 1.29 is 72.5 Å². The van der Waals surface area contributed by atoms with Crippen LogP contribution in [0.3, 0.4) is 0 Å². The zero-order valence-electron chi connectivity index (χ0n) is 56.7. The molecule has 102 heavy (non-hydrogen) atoms. The number of aryl methyl sites for hydroxylation is 3. The second kappa shape index (κ2) is 34.0. The average molecular weight is 1400 g/mol. The number of oxime groups is 3. The van der Waals surface area contributed by atoms with Gasteiger partial charge < -0.3 is 76.6 Å². The molecule has 30 heteroatoms. The summed E-state index contributed by atoms with van der Waals surface area (Å²) in [6, 6.07) is 29.8. The van der Waals surface area contributed by atoms with Crippen LogP contribution in [0.2, 0.25) is 0 Å². The van der Waals surface area contributed by atoms with Crippen molar-refractivity contribution in [3.63, 3.8) is 0 Å². The fraction of sp³-hybridized carbons (Fsp3) is 0.333. The Morgan fingerprint density at radius 1 is 0.402 bits per heavy atom. The lowest BCUT2D eigenvalue weighted by Crippen LogP contribution is -2.25. The molecule has 12 N–H and O–H groups in total. The Labute approximate surface area is 584 Å². The van der Waals surface area contributed by atoms with Gasteiger partial charge in [0.1, 0.15) is 55.6 Å². The summed E-state index contributed by atoms with van der Waals surface area (Å²) in [4.78, 5) is 55.5. The number of fused-ring (bicyclic) bond motifs is 3. The van der Waals surface area contributed by atoms with Gasteiger partial charge in [0, 0.05) is 70.8 Å². The van der Waals surface area contributed by atoms with Crippen molar-refractivity contribution in [1.29, 1.82) is 0 Å². The van der Waals surface area contributed by atoms with Crippen molar-refractivity contribution in [3.8, 4) is 51.4 Å². The highest BCUT2D eigenvalue weighted by molar-refractivity contribution is 6.05. The fourth-order valence-corrected chi connectivity index (χ4v) is 12.5. The Hall–Kier alpha value is -10.9. The SMILES string of the molecule is COc1cccc(-c2cc(F)ccc2C2C/C(=N\OC[C@@H](O)CO)c3c(C)nc(N)nc3C2)n1.COc1cccc(-c2cc(F)ccc2[C@@H]2C/C(=N\OC[C@@H](O)CO)c3c(C)nc(N)nc3C2)n1.COc1cccc(-c2cc(F)ccc2[C@H]2C/C(=N\OC[C@@H](O)CO)c3c(C)nc(N)nc3C2)n1. The second-order valence-electron chi connectivity index (χ2n) is 24.2. The van der Waals surface area contributed by atoms with Crippen molar-refractivity contribution in [2.45, 2.75) is 95.4 Å². The number of hydrogen-bond donors (Lipinski definition) is 9. The maximum atomic E-state index is 14.3. The molecule has 6 atom stereocenters. The predicted octanol–water partition coefficient (Wildman–Crippen LogP) is 7.14. The number of aromatic nitrogens is 9. The zero-order valence-corrected chi connectivity index (χ0v) is 56.7. The van der Waals surface area contributed by atoms with E-state index in [4.69, 9.17) is 61.2 Å². The summed E-state index contributed by atoms with van der Waals surface area (Å²) in [5, 5.41) is 68.6. The van der Waals surface area contributed by atoms with Crippen LogP contribution in [0.15, 0.2) is 125 Å². The number of hydrogen-bond acceptors (Lipinski definition) is 27. The number of halogens is 3. The molecule has 12 rings (SSSR count). The van der Waals surface area contributed by atoms with Gasteiger partial charge in [0.05, 0.1) is 110 Å². The summed E-state index contributed by atoms with van der Waals surface area (Å²) in [7, 11) is 4.58. The monoisotopic (exact) mass is 1400 g/mol. The molecule has 27 nitrogen and oxygen atoms in total. The summed E-state index contributed by atoms with van der Waals surface area (Å²) in [5.41, 5.74) is 32.1. The molecule has 534 valence electrons. The number of pyridine rings is 3. The zero-order chi connectivity index (χ0) is 72.7. The van der Waals surface area contributed by atoms with Gasteiger partial charge in [0.2, 0.25) is 35.5 Å². The van der Waals surface area contributed by atoms with E-state index in [1.165, 1.54) is 57.7 Å². The number of benzene rings is 3. The number of methoxy groups -OCH3 is 3. The van der Waals surface area contributed by atoms with Gasteiger partial charge >= 0.3 is 0 Å². The fourth-order valence-electron chi connectivity index (χ4n) is 12.5. The lowest BCUT2D eigenvalue weighted by molar-refractivity contribution is 0.00812. The smallest absolute Gasteiger partial charge is 0.220 e. The average Bonchev–Trinajstić information content (AvgIpc) is 0.778. The molecule has 0 spiro atoms. The van der Waals surface area contributed by atoms with E-state index >= 15 is 0 Å². The minimum atomic E-state index is -1.05. The highest BCUT2D eigenvalue weighted by Crippen LogP contribution is 2.43. The van der Waals surface area contributed by atoms with E-state index in [9.17, 15) is 28.5 Å². The van der Waals surface area contributed by atoms with Crippen LogP contribution in [0.4, 0.5) is 31.0 Å². The van der Waals surface area contributed by atoms with Crippen molar-refractivity contribution in [2.75, 3.05) is 78.2 Å². The van der Waals surface area contributed by atoms with Gasteiger partial charge in [-0.1, -0.05) is 51.9 Å². The Balaban J connectivity index is 0.000000165. The molecule has 6 aromatic heterocycles. The van der Waals surface area contributed by atoms with Crippen LogP contribution in [-0.4, -0.2) is 172 Å². The first-order valence-corrected chi connectivity index (χ1v) is 32.4. The van der Waals surface area contributed by atoms with Gasteiger partial charge in [-0.25, -0.2) is 58.0 Å². The minimum Gasteiger partial charge on any atom is -0.481 e. The molecule has 3 aromatic carbocycles. The molecule has 3 aliphatic rings. The lowest BCUT2D eigenvalue weighted by atomic mass is 9.79. The van der Waals surface area contributed by atoms with Gasteiger partial charge in [-0.2, -0.15) is 0 Å². The molecule has 1 unspecified atom stereocenters. The van der Waals surface area contributed by atoms with Crippen LogP contribution in [0, 0.1) is 38.2 Å². The summed E-state index contributed by atoms with van der Waals surface area (Å²) < 4.78 is 58.6. The molecule has 0 aliphatic heterocycles. The third-order valence-electron chi connectivity index (χ3n) is 17.0. The quantitative estimate of drug-likeness (QED) is 0.0323. The van der Waals surface area contributed by atoms with Gasteiger partial charge in [0.25, 0.3) is 0 Å². The standard InChI is InChI=1S/3C24H26FN5O4/c3*1-13-23-20(29-24(26)27-13)8-14(9-21(23)30-34-12-16(32)11-31)17-7-6-15(25)10-18(17)19-4-3-5-22(28-19)33-2/h3*3-7,10,14,16,31-32H,8-9,11-12H2,1-2H3,(H2,26,27,29)/b3*30-21+/t14?,16-;14-,16+;14-,16-/m010/s1. The summed E-state index contributed by atoms with van der Waals surface area (Å²) in [5.74, 6) is 0.221. The molecule has 6 heterocycles. The van der Waals surface area contributed by atoms with Crippen LogP contribution >= 0.6 is 0 Å². The first kappa shape index (κ1) is 73.8. The van der Waals surface area contributed by atoms with E-state index in [1.54, 1.807) is 72.8 Å². The lowest BCUT2D eigenvalue weighted by Gasteiger charge is -2.28. The number of nitrogens with two attached hydrogens (primary N) is 3. The summed E-state index contributed by atoms with van der Waals surface area (Å²) >= 11 is 0. The van der Waals surface area contributed by atoms with Crippen LogP contribution in [0.5, 0.6) is 17.6 Å². The molecular formula is C72H78F3N15O12. The molecule has 0 fully saturated rings. The van der Waals surface area contributed by atoms with Crippen molar-refractivity contribution in [2.24, 2.45) is 15.5 Å². The van der Waals surface area contributed by atoms with E-state index in [0.717, 1.165) is 33.4 Å². The Morgan fingerprint density at radius 3 is 0.931 bits per heavy atom. The number of nitrogens with zero attached hydrogens (tertiary/aromatic N) is 12. The number of aliphatic hydroxyl groups is 6. The molecule has 0 amide bonds. The normalized spacial score (nSPS) is 17.3. The highest BCUT2D eigenvalue weighted by Gasteiger charge is 2.35. The first-order valence-electron chi connectivity index (χ1n) is 32.4. The molecule has 9 aromatic rings. The van der Waals surface area contributed by atoms with Gasteiger partial charge in [-0.3, -0.25) is 0 Å². The molecule has 0 radical (unpaired) electrons. The maximum absolute atomic E-state index is 14.3. The van der Waals surface area contributed by atoms with Gasteiger partial charge in [-0.15, -0.1) is 0 Å². The number of rotatable bonds is 21. The third-order valence-corrected chi connectivity index (χ3v) is 17.0. The van der Waals surface area contributed by atoms with Gasteiger partial charge in [-0.05, 0) is 129 Å². The predicted molar refractivity (Wildman–Crippen MR) is 372 cm³/mol. The number of anilines is 3. The van der Waals surface area contributed by atoms with E-state index in [2.05, 4.69) is 60.3 Å². The van der Waals surface area contributed by atoms with Crippen molar-refractivity contribution in [3.05, 3.63) is 194 Å². The first-order chi connectivity index (χ1) is 49.2. The molecule has 3 aliphatic carbocycles. The van der Waals surface area contributed by atoms with Crippen LogP contribution in [-0.2, 0) is 33.8 Å². The Bertz CT molecular complexity index is 4110. The Kier molecular flexibility index (Phi) is 24.6. The number of ether oxygens (including phenoxy) is 3. The third kappa shape index (κ3) is 18.0. The van der Waals surface area contributed by atoms with Crippen LogP contribution < -0.4 is 31.4 Å². The van der Waals surface area contributed by atoms with E-state index < -0.39 is 38.1 Å².